The average Bonchev–Trinajstić information content (AvgIpc) is 2.91. The van der Waals surface area contributed by atoms with Gasteiger partial charge in [-0.1, -0.05) is 5.16 Å². The molecule has 2 atom stereocenters. The average molecular weight is 416 g/mol. The van der Waals surface area contributed by atoms with Gasteiger partial charge >= 0.3 is 39.9 Å². The summed E-state index contributed by atoms with van der Waals surface area (Å²) in [5.41, 5.74) is 10.2. The number of carbonyl (C=O) groups is 3. The zero-order valence-corrected chi connectivity index (χ0v) is 14.1. The number of nitrogens with zero attached hydrogens (tertiary/aromatic N) is 3. The van der Waals surface area contributed by atoms with Crippen molar-refractivity contribution in [3.8, 4) is 0 Å². The number of amides is 3. The Balaban J connectivity index is 0.00000338. The Morgan fingerprint density at radius 1 is 1.50 bits per heavy atom. The maximum absolute atomic E-state index is 12.3. The fourth-order valence-electron chi connectivity index (χ4n) is 2.04. The molecule has 138 valence electrons. The molecule has 13 nitrogen and oxygen atoms in total. The van der Waals surface area contributed by atoms with Crippen molar-refractivity contribution >= 4 is 79.8 Å². The molecule has 1 aromatic heterocycles. The molecule has 1 saturated heterocycles. The molecule has 0 aromatic carbocycles. The van der Waals surface area contributed by atoms with E-state index in [-0.39, 0.29) is 50.4 Å². The van der Waals surface area contributed by atoms with Crippen molar-refractivity contribution in [1.29, 1.82) is 0 Å². The molecule has 3 amide bonds. The van der Waals surface area contributed by atoms with Crippen LogP contribution in [-0.2, 0) is 29.5 Å². The molecule has 0 unspecified atom stereocenters. The number of hydrogen-bond acceptors (Lipinski definition) is 10. The van der Waals surface area contributed by atoms with E-state index in [0.717, 1.165) is 18.4 Å². The Morgan fingerprint density at radius 3 is 2.54 bits per heavy atom. The number of thiazole rings is 1. The second-order valence-corrected chi connectivity index (χ2v) is 6.78. The van der Waals surface area contributed by atoms with Crippen LogP contribution < -0.4 is 16.8 Å². The number of rotatable bonds is 6. The first-order valence-electron chi connectivity index (χ1n) is 6.31. The van der Waals surface area contributed by atoms with Crippen LogP contribution in [-0.4, -0.2) is 94.4 Å². The van der Waals surface area contributed by atoms with Crippen LogP contribution in [0.15, 0.2) is 10.5 Å². The van der Waals surface area contributed by atoms with E-state index in [9.17, 15) is 22.8 Å². The van der Waals surface area contributed by atoms with Gasteiger partial charge in [0.1, 0.15) is 18.8 Å². The minimum atomic E-state index is -5.01. The van der Waals surface area contributed by atoms with Crippen molar-refractivity contribution in [2.24, 2.45) is 10.9 Å². The Bertz CT molecular complexity index is 869. The summed E-state index contributed by atoms with van der Waals surface area (Å²) in [6.07, 6.45) is 0. The van der Waals surface area contributed by atoms with Gasteiger partial charge in [-0.05, 0) is 0 Å². The number of oxime groups is 1. The number of primary amides is 1. The van der Waals surface area contributed by atoms with E-state index in [0.29, 0.717) is 0 Å². The Labute approximate surface area is 172 Å². The van der Waals surface area contributed by atoms with Crippen LogP contribution in [0.2, 0.25) is 0 Å². The van der Waals surface area contributed by atoms with Crippen LogP contribution >= 0.6 is 11.3 Å². The molecule has 26 heavy (non-hydrogen) atoms. The van der Waals surface area contributed by atoms with Gasteiger partial charge in [0.05, 0.1) is 0 Å². The third kappa shape index (κ3) is 4.30. The van der Waals surface area contributed by atoms with Crippen LogP contribution in [0, 0.1) is 0 Å². The summed E-state index contributed by atoms with van der Waals surface area (Å²) in [6, 6.07) is -3.39. The van der Waals surface area contributed by atoms with Gasteiger partial charge in [0.15, 0.2) is 16.9 Å². The number of carbonyl (C=O) groups excluding carboxylic acids is 3. The van der Waals surface area contributed by atoms with Crippen LogP contribution in [0.3, 0.4) is 0 Å². The van der Waals surface area contributed by atoms with Gasteiger partial charge in [-0.2, -0.15) is 12.7 Å². The van der Waals surface area contributed by atoms with Crippen molar-refractivity contribution < 1.29 is 32.2 Å². The number of aromatic nitrogens is 1. The summed E-state index contributed by atoms with van der Waals surface area (Å²) < 4.78 is 31.0. The van der Waals surface area contributed by atoms with Gasteiger partial charge < -0.3 is 21.6 Å². The normalized spacial score (nSPS) is 20.0. The number of hydrogen-bond donors (Lipinski definition) is 4. The molecule has 0 radical (unpaired) electrons. The molecule has 0 saturated carbocycles. The number of nitrogens with two attached hydrogens (primary N) is 2. The van der Waals surface area contributed by atoms with E-state index in [4.69, 9.17) is 16.0 Å². The van der Waals surface area contributed by atoms with Crippen LogP contribution in [0.4, 0.5) is 5.13 Å². The van der Waals surface area contributed by atoms with Crippen molar-refractivity contribution in [3.63, 3.8) is 0 Å². The standard InChI is InChI=1S/C10H12N6O7S2.Na.H/c1-23-15-4(3-2-24-10(12)13-3)8(18)14-5-6(7(11)17)16(9(5)19)25(20,21)22;;/h2,5-6H,1H3,(H2,11,17)(H2,12,13)(H,14,18)(H,20,21,22);;/b15-4-;;/t5-,6-;;/m0../s1. The molecule has 1 fully saturated rings. The molecule has 2 heterocycles. The molecule has 6 N–H and O–H groups in total. The van der Waals surface area contributed by atoms with Crippen LogP contribution in [0.25, 0.3) is 0 Å². The SMILES string of the molecule is CO/N=C(\C(=O)N[C@@H]1C(=O)N(S(=O)(=O)O)[C@@H]1C(N)=O)c1csc(N)n1.[NaH]. The third-order valence-corrected chi connectivity index (χ3v) is 4.62. The molecule has 1 aromatic rings. The molecular weight excluding hydrogens is 403 g/mol. The summed E-state index contributed by atoms with van der Waals surface area (Å²) in [6.45, 7) is 0. The van der Waals surface area contributed by atoms with Crippen molar-refractivity contribution in [1.82, 2.24) is 14.6 Å². The predicted molar refractivity (Wildman–Crippen MR) is 90.5 cm³/mol. The first-order chi connectivity index (χ1) is 11.6. The number of nitrogen functional groups attached to an aromatic ring is 1. The van der Waals surface area contributed by atoms with E-state index >= 15 is 0 Å². The number of anilines is 1. The fourth-order valence-corrected chi connectivity index (χ4v) is 3.44. The Hall–Kier alpha value is -1.78. The van der Waals surface area contributed by atoms with E-state index in [1.54, 1.807) is 0 Å². The summed E-state index contributed by atoms with van der Waals surface area (Å²) in [4.78, 5) is 43.8. The zero-order valence-electron chi connectivity index (χ0n) is 12.4. The molecular formula is C10H13N6NaO7S2. The van der Waals surface area contributed by atoms with Crippen LogP contribution in [0.5, 0.6) is 0 Å². The molecule has 0 aliphatic carbocycles. The van der Waals surface area contributed by atoms with Crippen molar-refractivity contribution in [2.45, 2.75) is 12.1 Å². The molecule has 16 heteroatoms. The topological polar surface area (TPSA) is 207 Å². The van der Waals surface area contributed by atoms with E-state index in [1.807, 2.05) is 0 Å². The van der Waals surface area contributed by atoms with E-state index < -0.39 is 40.1 Å². The molecule has 0 bridgehead atoms. The van der Waals surface area contributed by atoms with Gasteiger partial charge in [0.2, 0.25) is 5.91 Å². The van der Waals surface area contributed by atoms with Gasteiger partial charge in [0, 0.05) is 5.38 Å². The molecule has 1 aliphatic rings. The van der Waals surface area contributed by atoms with E-state index in [2.05, 4.69) is 20.3 Å². The molecule has 2 rings (SSSR count). The summed E-state index contributed by atoms with van der Waals surface area (Å²) in [5, 5.41) is 7.10. The first kappa shape index (κ1) is 22.3. The van der Waals surface area contributed by atoms with Gasteiger partial charge in [-0.3, -0.25) is 18.9 Å². The fraction of sp³-hybridized carbons (Fsp3) is 0.300. The van der Waals surface area contributed by atoms with Crippen LogP contribution in [0.1, 0.15) is 5.69 Å². The summed E-state index contributed by atoms with van der Waals surface area (Å²) >= 11 is 1.01. The van der Waals surface area contributed by atoms with Gasteiger partial charge in [-0.15, -0.1) is 11.3 Å². The first-order valence-corrected chi connectivity index (χ1v) is 8.59. The molecule has 0 spiro atoms. The zero-order chi connectivity index (χ0) is 18.9. The maximum atomic E-state index is 12.3. The summed E-state index contributed by atoms with van der Waals surface area (Å²) in [7, 11) is -3.85. The second-order valence-electron chi connectivity index (χ2n) is 4.60. The Kier molecular flexibility index (Phi) is 7.09. The molecule has 1 aliphatic heterocycles. The van der Waals surface area contributed by atoms with E-state index in [1.165, 1.54) is 5.38 Å². The van der Waals surface area contributed by atoms with Crippen molar-refractivity contribution in [2.75, 3.05) is 12.8 Å². The number of β-lactam (4-membered cyclic amide) rings is 1. The Morgan fingerprint density at radius 2 is 2.12 bits per heavy atom. The second kappa shape index (κ2) is 8.28. The van der Waals surface area contributed by atoms with Gasteiger partial charge in [0.25, 0.3) is 11.8 Å². The van der Waals surface area contributed by atoms with Gasteiger partial charge in [-0.25, -0.2) is 4.98 Å². The summed E-state index contributed by atoms with van der Waals surface area (Å²) in [5.74, 6) is -3.48. The minimum absolute atomic E-state index is 0. The third-order valence-electron chi connectivity index (χ3n) is 3.04. The predicted octanol–water partition coefficient (Wildman–Crippen LogP) is -3.59. The quantitative estimate of drug-likeness (QED) is 0.119. The number of nitrogens with one attached hydrogen (secondary N) is 1. The van der Waals surface area contributed by atoms with Crippen molar-refractivity contribution in [3.05, 3.63) is 11.1 Å². The monoisotopic (exact) mass is 416 g/mol.